The number of benzene rings is 1. The topological polar surface area (TPSA) is 84.1 Å². The van der Waals surface area contributed by atoms with Gasteiger partial charge in [-0.15, -0.1) is 0 Å². The van der Waals surface area contributed by atoms with Crippen molar-refractivity contribution >= 4 is 23.5 Å². The molecule has 0 atom stereocenters. The highest BCUT2D eigenvalue weighted by molar-refractivity contribution is 6.29. The third-order valence-electron chi connectivity index (χ3n) is 2.15. The number of aromatic nitrogens is 2. The average Bonchev–Trinajstić information content (AvgIpc) is 2.36. The van der Waals surface area contributed by atoms with E-state index in [4.69, 9.17) is 16.3 Å². The molecule has 0 aliphatic rings. The van der Waals surface area contributed by atoms with E-state index >= 15 is 0 Å². The first-order valence-corrected chi connectivity index (χ1v) is 5.76. The molecule has 0 fully saturated rings. The van der Waals surface area contributed by atoms with Gasteiger partial charge in [0.1, 0.15) is 17.6 Å². The maximum atomic E-state index is 11.5. The van der Waals surface area contributed by atoms with Gasteiger partial charge in [0.25, 0.3) is 0 Å². The Bertz CT molecular complexity index is 628. The number of amides is 1. The molecular formula is C12H10ClN3O3. The van der Waals surface area contributed by atoms with Crippen molar-refractivity contribution in [3.8, 4) is 0 Å². The highest BCUT2D eigenvalue weighted by Crippen LogP contribution is 2.07. The minimum atomic E-state index is -0.710. The van der Waals surface area contributed by atoms with Crippen molar-refractivity contribution in [2.45, 2.75) is 6.61 Å². The van der Waals surface area contributed by atoms with Gasteiger partial charge in [-0.25, -0.2) is 9.59 Å². The largest absolute Gasteiger partial charge is 0.444 e. The number of hydrogen-bond acceptors (Lipinski definition) is 4. The van der Waals surface area contributed by atoms with E-state index in [0.29, 0.717) is 0 Å². The van der Waals surface area contributed by atoms with Gasteiger partial charge in [0.15, 0.2) is 0 Å². The maximum absolute atomic E-state index is 11.5. The van der Waals surface area contributed by atoms with Crippen LogP contribution >= 0.6 is 11.6 Å². The zero-order valence-electron chi connectivity index (χ0n) is 9.72. The SMILES string of the molecule is O=C(Nc1cc(Cl)[nH]c(=O)n1)OCc1ccccc1. The van der Waals surface area contributed by atoms with Gasteiger partial charge in [-0.3, -0.25) is 10.3 Å². The molecule has 0 saturated carbocycles. The normalized spacial score (nSPS) is 9.95. The molecule has 0 spiro atoms. The fourth-order valence-electron chi connectivity index (χ4n) is 1.36. The van der Waals surface area contributed by atoms with Gasteiger partial charge in [0, 0.05) is 6.07 Å². The Morgan fingerprint density at radius 1 is 1.37 bits per heavy atom. The number of nitrogens with one attached hydrogen (secondary N) is 2. The first kappa shape index (κ1) is 13.1. The highest BCUT2D eigenvalue weighted by atomic mass is 35.5. The summed E-state index contributed by atoms with van der Waals surface area (Å²) in [5, 5.41) is 2.40. The Kier molecular flexibility index (Phi) is 4.15. The summed E-state index contributed by atoms with van der Waals surface area (Å²) >= 11 is 5.62. The fraction of sp³-hybridized carbons (Fsp3) is 0.0833. The van der Waals surface area contributed by atoms with Crippen LogP contribution in [-0.4, -0.2) is 16.1 Å². The van der Waals surface area contributed by atoms with Crippen molar-refractivity contribution in [3.63, 3.8) is 0 Å². The molecule has 0 radical (unpaired) electrons. The molecule has 0 aliphatic carbocycles. The van der Waals surface area contributed by atoms with E-state index in [1.807, 2.05) is 30.3 Å². The number of aromatic amines is 1. The second kappa shape index (κ2) is 6.01. The molecule has 2 N–H and O–H groups in total. The molecular weight excluding hydrogens is 270 g/mol. The van der Waals surface area contributed by atoms with Crippen LogP contribution in [0.15, 0.2) is 41.2 Å². The molecule has 1 amide bonds. The summed E-state index contributed by atoms with van der Waals surface area (Å²) < 4.78 is 4.97. The van der Waals surface area contributed by atoms with E-state index in [1.165, 1.54) is 6.07 Å². The monoisotopic (exact) mass is 279 g/mol. The van der Waals surface area contributed by atoms with Crippen LogP contribution in [0.2, 0.25) is 5.15 Å². The molecule has 0 aliphatic heterocycles. The number of rotatable bonds is 3. The zero-order chi connectivity index (χ0) is 13.7. The van der Waals surface area contributed by atoms with E-state index in [9.17, 15) is 9.59 Å². The van der Waals surface area contributed by atoms with Crippen LogP contribution in [-0.2, 0) is 11.3 Å². The lowest BCUT2D eigenvalue weighted by Crippen LogP contribution is -2.18. The third kappa shape index (κ3) is 4.11. The smallest absolute Gasteiger partial charge is 0.413 e. The van der Waals surface area contributed by atoms with Crippen LogP contribution in [0.25, 0.3) is 0 Å². The molecule has 6 nitrogen and oxygen atoms in total. The van der Waals surface area contributed by atoms with E-state index in [0.717, 1.165) is 5.56 Å². The molecule has 1 aromatic carbocycles. The standard InChI is InChI=1S/C12H10ClN3O3/c13-9-6-10(15-11(17)14-9)16-12(18)19-7-8-4-2-1-3-5-8/h1-6H,7H2,(H2,14,15,16,17,18). The van der Waals surface area contributed by atoms with Crippen LogP contribution in [0.5, 0.6) is 0 Å². The van der Waals surface area contributed by atoms with E-state index in [2.05, 4.69) is 15.3 Å². The summed E-state index contributed by atoms with van der Waals surface area (Å²) in [7, 11) is 0. The Morgan fingerprint density at radius 3 is 2.79 bits per heavy atom. The Balaban J connectivity index is 1.92. The van der Waals surface area contributed by atoms with Gasteiger partial charge in [-0.1, -0.05) is 41.9 Å². The minimum absolute atomic E-state index is 0.0341. The lowest BCUT2D eigenvalue weighted by molar-refractivity contribution is 0.155. The summed E-state index contributed by atoms with van der Waals surface area (Å²) in [5.41, 5.74) is 0.209. The van der Waals surface area contributed by atoms with Gasteiger partial charge < -0.3 is 4.74 Å². The molecule has 2 aromatic rings. The van der Waals surface area contributed by atoms with Crippen LogP contribution in [0, 0.1) is 0 Å². The number of nitrogens with zero attached hydrogens (tertiary/aromatic N) is 1. The first-order valence-electron chi connectivity index (χ1n) is 5.38. The van der Waals surface area contributed by atoms with Crippen molar-refractivity contribution in [1.29, 1.82) is 0 Å². The number of hydrogen-bond donors (Lipinski definition) is 2. The highest BCUT2D eigenvalue weighted by Gasteiger charge is 2.06. The molecule has 0 unspecified atom stereocenters. The van der Waals surface area contributed by atoms with Crippen molar-refractivity contribution in [3.05, 3.63) is 57.6 Å². The quantitative estimate of drug-likeness (QED) is 0.843. The van der Waals surface area contributed by atoms with Crippen LogP contribution in [0.1, 0.15) is 5.56 Å². The van der Waals surface area contributed by atoms with E-state index in [-0.39, 0.29) is 17.6 Å². The summed E-state index contributed by atoms with van der Waals surface area (Å²) in [6.45, 7) is 0.129. The van der Waals surface area contributed by atoms with Gasteiger partial charge in [0.05, 0.1) is 0 Å². The molecule has 1 heterocycles. The summed E-state index contributed by atoms with van der Waals surface area (Å²) in [6.07, 6.45) is -0.710. The summed E-state index contributed by atoms with van der Waals surface area (Å²) in [4.78, 5) is 28.3. The number of H-pyrrole nitrogens is 1. The minimum Gasteiger partial charge on any atom is -0.444 e. The van der Waals surface area contributed by atoms with Gasteiger partial charge >= 0.3 is 11.8 Å². The van der Waals surface area contributed by atoms with Crippen LogP contribution in [0.3, 0.4) is 0 Å². The van der Waals surface area contributed by atoms with Crippen LogP contribution in [0.4, 0.5) is 10.6 Å². The average molecular weight is 280 g/mol. The number of anilines is 1. The number of ether oxygens (including phenoxy) is 1. The van der Waals surface area contributed by atoms with Crippen LogP contribution < -0.4 is 11.0 Å². The van der Waals surface area contributed by atoms with E-state index in [1.54, 1.807) is 0 Å². The summed E-state index contributed by atoms with van der Waals surface area (Å²) in [5.74, 6) is 0.0341. The van der Waals surface area contributed by atoms with Crippen molar-refractivity contribution in [1.82, 2.24) is 9.97 Å². The maximum Gasteiger partial charge on any atom is 0.413 e. The molecule has 0 bridgehead atoms. The van der Waals surface area contributed by atoms with Crippen molar-refractivity contribution in [2.75, 3.05) is 5.32 Å². The second-order valence-electron chi connectivity index (χ2n) is 3.61. The number of carbonyl (C=O) groups is 1. The predicted molar refractivity (Wildman–Crippen MR) is 70.1 cm³/mol. The summed E-state index contributed by atoms with van der Waals surface area (Å²) in [6, 6.07) is 10.5. The molecule has 7 heteroatoms. The lowest BCUT2D eigenvalue weighted by atomic mass is 10.2. The van der Waals surface area contributed by atoms with Gasteiger partial charge in [0.2, 0.25) is 0 Å². The molecule has 98 valence electrons. The fourth-order valence-corrected chi connectivity index (χ4v) is 1.54. The third-order valence-corrected chi connectivity index (χ3v) is 2.36. The molecule has 1 aromatic heterocycles. The predicted octanol–water partition coefficient (Wildman–Crippen LogP) is 2.17. The lowest BCUT2D eigenvalue weighted by Gasteiger charge is -2.06. The molecule has 19 heavy (non-hydrogen) atoms. The Morgan fingerprint density at radius 2 is 2.11 bits per heavy atom. The molecule has 2 rings (SSSR count). The van der Waals surface area contributed by atoms with Crippen molar-refractivity contribution in [2.24, 2.45) is 0 Å². The first-order chi connectivity index (χ1) is 9.13. The Hall–Kier alpha value is -2.34. The Labute approximate surface area is 113 Å². The van der Waals surface area contributed by atoms with Gasteiger partial charge in [-0.05, 0) is 5.56 Å². The number of carbonyl (C=O) groups excluding carboxylic acids is 1. The number of halogens is 1. The zero-order valence-corrected chi connectivity index (χ0v) is 10.5. The van der Waals surface area contributed by atoms with E-state index < -0.39 is 11.8 Å². The van der Waals surface area contributed by atoms with Gasteiger partial charge in [-0.2, -0.15) is 4.98 Å². The molecule has 0 saturated heterocycles. The van der Waals surface area contributed by atoms with Crippen molar-refractivity contribution < 1.29 is 9.53 Å². The second-order valence-corrected chi connectivity index (χ2v) is 4.01.